The first-order chi connectivity index (χ1) is 7.83. The standard InChI is InChI=1S/C11H20N4O/c1-2-14-5-6-16-10(8-14)9-15-4-3-13-11(15)7-12/h3-4,10H,2,5-9,12H2,1H3. The molecule has 1 saturated heterocycles. The molecule has 5 heteroatoms. The lowest BCUT2D eigenvalue weighted by Gasteiger charge is -2.32. The van der Waals surface area contributed by atoms with Gasteiger partial charge in [0.05, 0.1) is 25.8 Å². The van der Waals surface area contributed by atoms with E-state index in [1.54, 1.807) is 6.20 Å². The number of aromatic nitrogens is 2. The highest BCUT2D eigenvalue weighted by atomic mass is 16.5. The number of nitrogens with zero attached hydrogens (tertiary/aromatic N) is 3. The van der Waals surface area contributed by atoms with Crippen molar-refractivity contribution < 1.29 is 4.74 Å². The summed E-state index contributed by atoms with van der Waals surface area (Å²) in [7, 11) is 0. The van der Waals surface area contributed by atoms with E-state index in [2.05, 4.69) is 21.4 Å². The lowest BCUT2D eigenvalue weighted by Crippen LogP contribution is -2.44. The fourth-order valence-corrected chi connectivity index (χ4v) is 2.09. The Balaban J connectivity index is 1.93. The van der Waals surface area contributed by atoms with Gasteiger partial charge in [0.1, 0.15) is 5.82 Å². The first kappa shape index (κ1) is 11.6. The van der Waals surface area contributed by atoms with Crippen LogP contribution in [0.2, 0.25) is 0 Å². The van der Waals surface area contributed by atoms with Gasteiger partial charge < -0.3 is 15.0 Å². The molecule has 90 valence electrons. The molecular formula is C11H20N4O. The molecule has 0 bridgehead atoms. The van der Waals surface area contributed by atoms with Crippen molar-refractivity contribution in [3.05, 3.63) is 18.2 Å². The molecule has 0 saturated carbocycles. The van der Waals surface area contributed by atoms with Gasteiger partial charge in [0.15, 0.2) is 0 Å². The minimum absolute atomic E-state index is 0.258. The molecule has 0 amide bonds. The smallest absolute Gasteiger partial charge is 0.122 e. The van der Waals surface area contributed by atoms with Crippen molar-refractivity contribution in [2.45, 2.75) is 26.1 Å². The second kappa shape index (κ2) is 5.43. The van der Waals surface area contributed by atoms with Crippen LogP contribution in [0.5, 0.6) is 0 Å². The van der Waals surface area contributed by atoms with Crippen molar-refractivity contribution in [2.75, 3.05) is 26.2 Å². The van der Waals surface area contributed by atoms with Crippen LogP contribution in [0.15, 0.2) is 12.4 Å². The average molecular weight is 224 g/mol. The average Bonchev–Trinajstić information content (AvgIpc) is 2.76. The summed E-state index contributed by atoms with van der Waals surface area (Å²) >= 11 is 0. The molecule has 0 aromatic carbocycles. The quantitative estimate of drug-likeness (QED) is 0.786. The summed E-state index contributed by atoms with van der Waals surface area (Å²) in [6, 6.07) is 0. The van der Waals surface area contributed by atoms with Crippen molar-refractivity contribution in [1.29, 1.82) is 0 Å². The molecule has 0 aliphatic carbocycles. The van der Waals surface area contributed by atoms with E-state index >= 15 is 0 Å². The molecule has 1 atom stereocenters. The predicted molar refractivity (Wildman–Crippen MR) is 62.0 cm³/mol. The molecule has 2 N–H and O–H groups in total. The largest absolute Gasteiger partial charge is 0.374 e. The summed E-state index contributed by atoms with van der Waals surface area (Å²) in [6.07, 6.45) is 4.02. The van der Waals surface area contributed by atoms with E-state index in [9.17, 15) is 0 Å². The van der Waals surface area contributed by atoms with Crippen LogP contribution in [0, 0.1) is 0 Å². The zero-order chi connectivity index (χ0) is 11.4. The molecule has 1 fully saturated rings. The summed E-state index contributed by atoms with van der Waals surface area (Å²) in [5, 5.41) is 0. The Bertz CT molecular complexity index is 326. The molecule has 5 nitrogen and oxygen atoms in total. The Kier molecular flexibility index (Phi) is 3.93. The first-order valence-electron chi connectivity index (χ1n) is 5.87. The third-order valence-corrected chi connectivity index (χ3v) is 3.05. The summed E-state index contributed by atoms with van der Waals surface area (Å²) in [5.74, 6) is 0.928. The van der Waals surface area contributed by atoms with E-state index in [4.69, 9.17) is 10.5 Å². The third kappa shape index (κ3) is 2.61. The fourth-order valence-electron chi connectivity index (χ4n) is 2.09. The normalized spacial score (nSPS) is 22.5. The molecule has 0 radical (unpaired) electrons. The van der Waals surface area contributed by atoms with Crippen LogP contribution in [0.1, 0.15) is 12.7 Å². The second-order valence-corrected chi connectivity index (χ2v) is 4.09. The summed E-state index contributed by atoms with van der Waals surface area (Å²) in [5.41, 5.74) is 5.62. The van der Waals surface area contributed by atoms with Gasteiger partial charge in [0.25, 0.3) is 0 Å². The molecule has 1 aliphatic rings. The number of hydrogen-bond acceptors (Lipinski definition) is 4. The van der Waals surface area contributed by atoms with Crippen molar-refractivity contribution in [2.24, 2.45) is 5.73 Å². The molecule has 1 unspecified atom stereocenters. The maximum Gasteiger partial charge on any atom is 0.122 e. The highest BCUT2D eigenvalue weighted by Gasteiger charge is 2.20. The van der Waals surface area contributed by atoms with E-state index in [0.29, 0.717) is 6.54 Å². The molecule has 1 aromatic rings. The number of nitrogens with two attached hydrogens (primary N) is 1. The Morgan fingerprint density at radius 3 is 3.25 bits per heavy atom. The molecule has 2 heterocycles. The predicted octanol–water partition coefficient (Wildman–Crippen LogP) is 0.0625. The molecule has 16 heavy (non-hydrogen) atoms. The fraction of sp³-hybridized carbons (Fsp3) is 0.727. The van der Waals surface area contributed by atoms with E-state index < -0.39 is 0 Å². The van der Waals surface area contributed by atoms with Crippen molar-refractivity contribution >= 4 is 0 Å². The van der Waals surface area contributed by atoms with Gasteiger partial charge in [-0.15, -0.1) is 0 Å². The molecule has 0 spiro atoms. The highest BCUT2D eigenvalue weighted by Crippen LogP contribution is 2.08. The first-order valence-corrected chi connectivity index (χ1v) is 5.87. The number of likely N-dealkylation sites (N-methyl/N-ethyl adjacent to an activating group) is 1. The number of rotatable bonds is 4. The Labute approximate surface area is 96.2 Å². The van der Waals surface area contributed by atoms with Crippen LogP contribution in [0.4, 0.5) is 0 Å². The van der Waals surface area contributed by atoms with Crippen LogP contribution >= 0.6 is 0 Å². The van der Waals surface area contributed by atoms with Gasteiger partial charge in [-0.2, -0.15) is 0 Å². The van der Waals surface area contributed by atoms with Gasteiger partial charge in [0.2, 0.25) is 0 Å². The van der Waals surface area contributed by atoms with E-state index in [-0.39, 0.29) is 6.10 Å². The van der Waals surface area contributed by atoms with Crippen LogP contribution in [-0.2, 0) is 17.8 Å². The molecular weight excluding hydrogens is 204 g/mol. The van der Waals surface area contributed by atoms with Crippen LogP contribution in [0.3, 0.4) is 0 Å². The molecule has 1 aromatic heterocycles. The van der Waals surface area contributed by atoms with Crippen molar-refractivity contribution in [3.8, 4) is 0 Å². The summed E-state index contributed by atoms with van der Waals surface area (Å²) < 4.78 is 7.84. The Morgan fingerprint density at radius 2 is 2.50 bits per heavy atom. The number of ether oxygens (including phenoxy) is 1. The van der Waals surface area contributed by atoms with Gasteiger partial charge in [-0.1, -0.05) is 6.92 Å². The molecule has 1 aliphatic heterocycles. The van der Waals surface area contributed by atoms with Gasteiger partial charge in [-0.25, -0.2) is 4.98 Å². The number of hydrogen-bond donors (Lipinski definition) is 1. The van der Waals surface area contributed by atoms with E-state index in [1.807, 2.05) is 6.20 Å². The Morgan fingerprint density at radius 1 is 1.62 bits per heavy atom. The third-order valence-electron chi connectivity index (χ3n) is 3.05. The van der Waals surface area contributed by atoms with E-state index in [1.165, 1.54) is 0 Å². The number of imidazole rings is 1. The second-order valence-electron chi connectivity index (χ2n) is 4.09. The zero-order valence-corrected chi connectivity index (χ0v) is 9.80. The van der Waals surface area contributed by atoms with Crippen molar-refractivity contribution in [1.82, 2.24) is 14.5 Å². The van der Waals surface area contributed by atoms with Crippen LogP contribution < -0.4 is 5.73 Å². The highest BCUT2D eigenvalue weighted by molar-refractivity contribution is 4.92. The lowest BCUT2D eigenvalue weighted by atomic mass is 10.2. The maximum atomic E-state index is 5.75. The summed E-state index contributed by atoms with van der Waals surface area (Å²) in [4.78, 5) is 6.62. The topological polar surface area (TPSA) is 56.3 Å². The maximum absolute atomic E-state index is 5.75. The lowest BCUT2D eigenvalue weighted by molar-refractivity contribution is -0.0346. The van der Waals surface area contributed by atoms with Gasteiger partial charge >= 0.3 is 0 Å². The number of morpholine rings is 1. The van der Waals surface area contributed by atoms with Crippen LogP contribution in [-0.4, -0.2) is 46.8 Å². The minimum atomic E-state index is 0.258. The monoisotopic (exact) mass is 224 g/mol. The van der Waals surface area contributed by atoms with Gasteiger partial charge in [-0.3, -0.25) is 4.90 Å². The minimum Gasteiger partial charge on any atom is -0.374 e. The SMILES string of the molecule is CCN1CCOC(Cn2ccnc2CN)C1. The van der Waals surface area contributed by atoms with Crippen molar-refractivity contribution in [3.63, 3.8) is 0 Å². The van der Waals surface area contributed by atoms with E-state index in [0.717, 1.165) is 38.6 Å². The summed E-state index contributed by atoms with van der Waals surface area (Å²) in [6.45, 7) is 7.48. The van der Waals surface area contributed by atoms with Gasteiger partial charge in [-0.05, 0) is 6.54 Å². The Hall–Kier alpha value is -0.910. The molecule has 2 rings (SSSR count). The van der Waals surface area contributed by atoms with Gasteiger partial charge in [0, 0.05) is 25.5 Å². The zero-order valence-electron chi connectivity index (χ0n) is 9.80. The van der Waals surface area contributed by atoms with Crippen LogP contribution in [0.25, 0.3) is 0 Å².